The molecule has 0 aliphatic carbocycles. The Morgan fingerprint density at radius 1 is 0.742 bits per heavy atom. The van der Waals surface area contributed by atoms with Crippen LogP contribution in [0.4, 0.5) is 0 Å². The molecule has 3 aromatic rings. The topological polar surface area (TPSA) is 74.1 Å². The van der Waals surface area contributed by atoms with Gasteiger partial charge in [-0.2, -0.15) is 23.4 Å². The van der Waals surface area contributed by atoms with Gasteiger partial charge in [0.25, 0.3) is 10.1 Å². The first-order valence-corrected chi connectivity index (χ1v) is 12.7. The van der Waals surface area contributed by atoms with E-state index in [4.69, 9.17) is 4.18 Å². The third-order valence-corrected chi connectivity index (χ3v) is 6.71. The molecule has 0 atom stereocenters. The van der Waals surface area contributed by atoms with E-state index in [0.29, 0.717) is 0 Å². The minimum absolute atomic E-state index is 0.231. The van der Waals surface area contributed by atoms with Crippen molar-refractivity contribution >= 4 is 21.2 Å². The van der Waals surface area contributed by atoms with E-state index in [1.54, 1.807) is 24.3 Å². The van der Waals surface area contributed by atoms with Gasteiger partial charge in [-0.15, -0.1) is 0 Å². The van der Waals surface area contributed by atoms with Crippen LogP contribution in [0.3, 0.4) is 0 Å². The molecule has 0 aliphatic heterocycles. The first-order chi connectivity index (χ1) is 15.0. The summed E-state index contributed by atoms with van der Waals surface area (Å²) in [5.41, 5.74) is 2.95. The lowest BCUT2D eigenvalue weighted by Gasteiger charge is -2.06. The molecule has 0 bridgehead atoms. The molecule has 0 saturated carbocycles. The summed E-state index contributed by atoms with van der Waals surface area (Å²) in [4.78, 5) is 2.04. The fourth-order valence-corrected chi connectivity index (χ4v) is 4.48. The Balaban J connectivity index is 1.16. The van der Waals surface area contributed by atoms with Crippen molar-refractivity contribution in [1.82, 2.24) is 15.0 Å². The van der Waals surface area contributed by atoms with E-state index in [9.17, 15) is 8.42 Å². The van der Waals surface area contributed by atoms with Gasteiger partial charge >= 0.3 is 0 Å². The molecule has 0 saturated heterocycles. The van der Waals surface area contributed by atoms with Crippen LogP contribution < -0.4 is 0 Å². The molecule has 0 radical (unpaired) electrons. The number of unbranched alkanes of at least 4 members (excludes halogenated alkanes) is 8. The van der Waals surface area contributed by atoms with Gasteiger partial charge in [-0.05, 0) is 44.0 Å². The number of aryl methyl sites for hydroxylation is 2. The highest BCUT2D eigenvalue weighted by Crippen LogP contribution is 2.15. The maximum Gasteiger partial charge on any atom is 0.296 e. The average molecular weight is 444 g/mol. The summed E-state index contributed by atoms with van der Waals surface area (Å²) in [6, 6.07) is 14.7. The predicted octanol–water partition coefficient (Wildman–Crippen LogP) is 5.66. The van der Waals surface area contributed by atoms with E-state index in [1.807, 2.05) is 36.0 Å². The molecule has 0 spiro atoms. The predicted molar refractivity (Wildman–Crippen MR) is 123 cm³/mol. The summed E-state index contributed by atoms with van der Waals surface area (Å²) in [5.74, 6) is 0. The third-order valence-electron chi connectivity index (χ3n) is 5.38. The Labute approximate surface area is 185 Å². The van der Waals surface area contributed by atoms with E-state index >= 15 is 0 Å². The molecular formula is C24H33N3O3S. The van der Waals surface area contributed by atoms with Crippen molar-refractivity contribution in [2.75, 3.05) is 6.61 Å². The number of rotatable bonds is 14. The van der Waals surface area contributed by atoms with Crippen LogP contribution in [0.2, 0.25) is 0 Å². The van der Waals surface area contributed by atoms with Gasteiger partial charge in [0.1, 0.15) is 11.0 Å². The largest absolute Gasteiger partial charge is 0.296 e. The van der Waals surface area contributed by atoms with Crippen molar-refractivity contribution in [3.63, 3.8) is 0 Å². The zero-order chi connectivity index (χ0) is 21.9. The molecule has 31 heavy (non-hydrogen) atoms. The van der Waals surface area contributed by atoms with Crippen molar-refractivity contribution in [2.24, 2.45) is 0 Å². The van der Waals surface area contributed by atoms with E-state index in [2.05, 4.69) is 10.2 Å². The van der Waals surface area contributed by atoms with E-state index in [0.717, 1.165) is 48.8 Å². The minimum atomic E-state index is -3.63. The van der Waals surface area contributed by atoms with Gasteiger partial charge < -0.3 is 0 Å². The normalized spacial score (nSPS) is 11.9. The van der Waals surface area contributed by atoms with Crippen LogP contribution in [-0.2, 0) is 20.8 Å². The van der Waals surface area contributed by atoms with Crippen molar-refractivity contribution in [3.8, 4) is 0 Å². The van der Waals surface area contributed by atoms with Crippen LogP contribution in [0.15, 0.2) is 53.4 Å². The highest BCUT2D eigenvalue weighted by Gasteiger charge is 2.14. The Hall–Kier alpha value is -2.25. The van der Waals surface area contributed by atoms with E-state index < -0.39 is 10.1 Å². The summed E-state index contributed by atoms with van der Waals surface area (Å²) in [7, 11) is -3.63. The number of fused-ring (bicyclic) bond motifs is 1. The van der Waals surface area contributed by atoms with Crippen molar-refractivity contribution in [1.29, 1.82) is 0 Å². The summed E-state index contributed by atoms with van der Waals surface area (Å²) >= 11 is 0. The van der Waals surface area contributed by atoms with Gasteiger partial charge in [0, 0.05) is 0 Å². The molecule has 0 fully saturated rings. The SMILES string of the molecule is Cc1ccc(S(=O)(=O)OCCCCCCCCCCCn2nc3ccccc3n2)cc1. The molecule has 0 N–H and O–H groups in total. The van der Waals surface area contributed by atoms with Crippen LogP contribution in [0.5, 0.6) is 0 Å². The quantitative estimate of drug-likeness (QED) is 0.237. The van der Waals surface area contributed by atoms with Crippen LogP contribution >= 0.6 is 0 Å². The molecule has 0 aliphatic rings. The molecule has 1 heterocycles. The lowest BCUT2D eigenvalue weighted by molar-refractivity contribution is 0.306. The molecule has 0 unspecified atom stereocenters. The van der Waals surface area contributed by atoms with Crippen LogP contribution in [0.25, 0.3) is 11.0 Å². The second-order valence-corrected chi connectivity index (χ2v) is 9.67. The molecular weight excluding hydrogens is 410 g/mol. The molecule has 0 amide bonds. The molecule has 1 aromatic heterocycles. The number of hydrogen-bond donors (Lipinski definition) is 0. The zero-order valence-electron chi connectivity index (χ0n) is 18.4. The van der Waals surface area contributed by atoms with Gasteiger partial charge in [0.15, 0.2) is 0 Å². The molecule has 3 rings (SSSR count). The maximum absolute atomic E-state index is 12.1. The van der Waals surface area contributed by atoms with Gasteiger partial charge in [0.05, 0.1) is 18.0 Å². The van der Waals surface area contributed by atoms with Gasteiger partial charge in [-0.3, -0.25) is 4.18 Å². The number of aromatic nitrogens is 3. The van der Waals surface area contributed by atoms with Crippen LogP contribution in [0, 0.1) is 6.92 Å². The average Bonchev–Trinajstić information content (AvgIpc) is 3.17. The van der Waals surface area contributed by atoms with E-state index in [-0.39, 0.29) is 11.5 Å². The standard InChI is InChI=1S/C24H33N3O3S/c1-21-15-17-22(18-16-21)31(28,29)30-20-12-8-6-4-2-3-5-7-11-19-27-25-23-13-9-10-14-24(23)26-27/h9-10,13-18H,2-8,11-12,19-20H2,1H3. The summed E-state index contributed by atoms with van der Waals surface area (Å²) in [6.07, 6.45) is 10.1. The van der Waals surface area contributed by atoms with Crippen molar-refractivity contribution < 1.29 is 12.6 Å². The lowest BCUT2D eigenvalue weighted by Crippen LogP contribution is -2.07. The Morgan fingerprint density at radius 2 is 1.26 bits per heavy atom. The Morgan fingerprint density at radius 3 is 1.84 bits per heavy atom. The summed E-state index contributed by atoms with van der Waals surface area (Å²) < 4.78 is 29.4. The fourth-order valence-electron chi connectivity index (χ4n) is 3.54. The first kappa shape index (κ1) is 23.4. The van der Waals surface area contributed by atoms with Gasteiger partial charge in [-0.25, -0.2) is 0 Å². The number of benzene rings is 2. The third kappa shape index (κ3) is 7.74. The van der Waals surface area contributed by atoms with E-state index in [1.165, 1.54) is 32.1 Å². The van der Waals surface area contributed by atoms with Gasteiger partial charge in [-0.1, -0.05) is 74.8 Å². The van der Waals surface area contributed by atoms with Crippen molar-refractivity contribution in [3.05, 3.63) is 54.1 Å². The zero-order valence-corrected chi connectivity index (χ0v) is 19.2. The summed E-state index contributed by atoms with van der Waals surface area (Å²) in [6.45, 7) is 3.06. The Bertz CT molecular complexity index is 997. The second-order valence-electron chi connectivity index (χ2n) is 8.06. The minimum Gasteiger partial charge on any atom is -0.266 e. The summed E-state index contributed by atoms with van der Waals surface area (Å²) in [5, 5.41) is 8.98. The molecule has 168 valence electrons. The monoisotopic (exact) mass is 443 g/mol. The first-order valence-electron chi connectivity index (χ1n) is 11.3. The van der Waals surface area contributed by atoms with Crippen LogP contribution in [-0.4, -0.2) is 30.0 Å². The smallest absolute Gasteiger partial charge is 0.266 e. The van der Waals surface area contributed by atoms with Crippen LogP contribution in [0.1, 0.15) is 63.4 Å². The highest BCUT2D eigenvalue weighted by molar-refractivity contribution is 7.86. The molecule has 2 aromatic carbocycles. The molecule has 7 heteroatoms. The lowest BCUT2D eigenvalue weighted by atomic mass is 10.1. The second kappa shape index (κ2) is 12.0. The Kier molecular flexibility index (Phi) is 9.03. The fraction of sp³-hybridized carbons (Fsp3) is 0.500. The highest BCUT2D eigenvalue weighted by atomic mass is 32.2. The maximum atomic E-state index is 12.1. The van der Waals surface area contributed by atoms with Gasteiger partial charge in [0.2, 0.25) is 0 Å². The van der Waals surface area contributed by atoms with Crippen molar-refractivity contribution in [2.45, 2.75) is 76.2 Å². The number of nitrogens with zero attached hydrogens (tertiary/aromatic N) is 3. The molecule has 6 nitrogen and oxygen atoms in total. The number of hydrogen-bond acceptors (Lipinski definition) is 5.